The van der Waals surface area contributed by atoms with Crippen LogP contribution in [0.3, 0.4) is 0 Å². The minimum Gasteiger partial charge on any atom is -0.355 e. The molecule has 0 N–H and O–H groups in total. The van der Waals surface area contributed by atoms with E-state index in [1.165, 1.54) is 5.56 Å². The Bertz CT molecular complexity index is 939. The number of aromatic nitrogens is 4. The highest BCUT2D eigenvalue weighted by Gasteiger charge is 2.19. The van der Waals surface area contributed by atoms with Gasteiger partial charge in [0.15, 0.2) is 5.65 Å². The molecule has 132 valence electrons. The van der Waals surface area contributed by atoms with Crippen LogP contribution in [0.5, 0.6) is 0 Å². The van der Waals surface area contributed by atoms with E-state index in [9.17, 15) is 0 Å². The summed E-state index contributed by atoms with van der Waals surface area (Å²) in [4.78, 5) is 13.7. The lowest BCUT2D eigenvalue weighted by Crippen LogP contribution is -2.31. The first-order valence-corrected chi connectivity index (χ1v) is 8.83. The van der Waals surface area contributed by atoms with Gasteiger partial charge in [-0.1, -0.05) is 12.1 Å². The lowest BCUT2D eigenvalue weighted by atomic mass is 10.1. The van der Waals surface area contributed by atoms with Crippen molar-refractivity contribution < 1.29 is 0 Å². The first-order valence-electron chi connectivity index (χ1n) is 8.83. The van der Waals surface area contributed by atoms with Gasteiger partial charge in [-0.25, -0.2) is 9.97 Å². The van der Waals surface area contributed by atoms with Crippen molar-refractivity contribution in [3.8, 4) is 6.07 Å². The zero-order valence-corrected chi connectivity index (χ0v) is 14.8. The number of hydrogen-bond acceptors (Lipinski definition) is 6. The molecule has 3 aromatic rings. The predicted octanol–water partition coefficient (Wildman–Crippen LogP) is 1.95. The topological polar surface area (TPSA) is 73.9 Å². The van der Waals surface area contributed by atoms with Crippen LogP contribution in [0, 0.1) is 11.3 Å². The number of fused-ring (bicyclic) bond motifs is 1. The van der Waals surface area contributed by atoms with Crippen LogP contribution in [0.1, 0.15) is 17.5 Å². The van der Waals surface area contributed by atoms with Gasteiger partial charge in [0, 0.05) is 39.8 Å². The molecule has 0 radical (unpaired) electrons. The zero-order valence-electron chi connectivity index (χ0n) is 14.8. The molecule has 1 saturated heterocycles. The molecule has 7 heteroatoms. The fraction of sp³-hybridized carbons (Fsp3) is 0.368. The van der Waals surface area contributed by atoms with Crippen LogP contribution in [0.25, 0.3) is 11.0 Å². The third-order valence-corrected chi connectivity index (χ3v) is 4.89. The van der Waals surface area contributed by atoms with Crippen LogP contribution in [-0.4, -0.2) is 50.8 Å². The Morgan fingerprint density at radius 3 is 2.73 bits per heavy atom. The highest BCUT2D eigenvalue weighted by atomic mass is 15.3. The van der Waals surface area contributed by atoms with E-state index in [2.05, 4.69) is 30.9 Å². The van der Waals surface area contributed by atoms with Crippen LogP contribution in [0.2, 0.25) is 0 Å². The highest BCUT2D eigenvalue weighted by molar-refractivity contribution is 5.86. The van der Waals surface area contributed by atoms with E-state index in [1.54, 1.807) is 11.0 Å². The molecular weight excluding hydrogens is 326 g/mol. The molecule has 1 aliphatic rings. The summed E-state index contributed by atoms with van der Waals surface area (Å²) < 4.78 is 1.79. The van der Waals surface area contributed by atoms with Gasteiger partial charge in [0.1, 0.15) is 12.1 Å². The summed E-state index contributed by atoms with van der Waals surface area (Å²) in [5.41, 5.74) is 2.82. The molecule has 26 heavy (non-hydrogen) atoms. The van der Waals surface area contributed by atoms with Crippen LogP contribution in [-0.2, 0) is 13.6 Å². The maximum Gasteiger partial charge on any atom is 0.163 e. The number of rotatable bonds is 3. The molecular formula is C19H21N7. The molecule has 0 spiro atoms. The second-order valence-corrected chi connectivity index (χ2v) is 6.63. The summed E-state index contributed by atoms with van der Waals surface area (Å²) in [7, 11) is 1.90. The monoisotopic (exact) mass is 347 g/mol. The molecule has 1 aromatic carbocycles. The van der Waals surface area contributed by atoms with Crippen molar-refractivity contribution in [3.05, 3.63) is 47.9 Å². The smallest absolute Gasteiger partial charge is 0.163 e. The molecule has 4 rings (SSSR count). The summed E-state index contributed by atoms with van der Waals surface area (Å²) in [5, 5.41) is 14.2. The summed E-state index contributed by atoms with van der Waals surface area (Å²) in [6, 6.07) is 10.0. The first kappa shape index (κ1) is 16.5. The van der Waals surface area contributed by atoms with Crippen LogP contribution < -0.4 is 4.90 Å². The van der Waals surface area contributed by atoms with E-state index in [0.29, 0.717) is 5.56 Å². The molecule has 3 heterocycles. The van der Waals surface area contributed by atoms with Gasteiger partial charge in [-0.2, -0.15) is 10.4 Å². The van der Waals surface area contributed by atoms with Crippen LogP contribution in [0.15, 0.2) is 36.8 Å². The molecule has 0 saturated carbocycles. The fourth-order valence-electron chi connectivity index (χ4n) is 3.49. The second-order valence-electron chi connectivity index (χ2n) is 6.63. The number of anilines is 1. The number of hydrogen-bond donors (Lipinski definition) is 0. The lowest BCUT2D eigenvalue weighted by Gasteiger charge is -2.23. The molecule has 0 bridgehead atoms. The van der Waals surface area contributed by atoms with E-state index in [4.69, 9.17) is 5.26 Å². The van der Waals surface area contributed by atoms with Crippen molar-refractivity contribution in [2.24, 2.45) is 7.05 Å². The van der Waals surface area contributed by atoms with E-state index in [-0.39, 0.29) is 0 Å². The molecule has 1 aliphatic heterocycles. The molecule has 1 fully saturated rings. The van der Waals surface area contributed by atoms with E-state index in [1.807, 2.05) is 37.5 Å². The van der Waals surface area contributed by atoms with Gasteiger partial charge >= 0.3 is 0 Å². The van der Waals surface area contributed by atoms with Gasteiger partial charge in [-0.3, -0.25) is 9.58 Å². The van der Waals surface area contributed by atoms with Crippen molar-refractivity contribution in [1.29, 1.82) is 5.26 Å². The average Bonchev–Trinajstić information content (AvgIpc) is 2.91. The van der Waals surface area contributed by atoms with Gasteiger partial charge in [0.2, 0.25) is 0 Å². The summed E-state index contributed by atoms with van der Waals surface area (Å²) in [5.74, 6) is 0.975. The first-order chi connectivity index (χ1) is 12.7. The van der Waals surface area contributed by atoms with Crippen molar-refractivity contribution in [3.63, 3.8) is 0 Å². The van der Waals surface area contributed by atoms with E-state index in [0.717, 1.165) is 56.0 Å². The summed E-state index contributed by atoms with van der Waals surface area (Å²) in [6.45, 7) is 4.84. The Kier molecular flexibility index (Phi) is 4.50. The van der Waals surface area contributed by atoms with Crippen LogP contribution in [0.4, 0.5) is 5.82 Å². The summed E-state index contributed by atoms with van der Waals surface area (Å²) in [6.07, 6.45) is 4.56. The number of benzene rings is 1. The molecule has 0 atom stereocenters. The Morgan fingerprint density at radius 1 is 1.08 bits per heavy atom. The number of nitrogens with zero attached hydrogens (tertiary/aromatic N) is 7. The fourth-order valence-corrected chi connectivity index (χ4v) is 3.49. The largest absolute Gasteiger partial charge is 0.355 e. The molecule has 0 unspecified atom stereocenters. The normalized spacial score (nSPS) is 15.8. The van der Waals surface area contributed by atoms with Crippen molar-refractivity contribution >= 4 is 16.9 Å². The predicted molar refractivity (Wildman–Crippen MR) is 99.6 cm³/mol. The third-order valence-electron chi connectivity index (χ3n) is 4.89. The Hall–Kier alpha value is -2.98. The lowest BCUT2D eigenvalue weighted by molar-refractivity contribution is 0.285. The minimum absolute atomic E-state index is 0.708. The zero-order chi connectivity index (χ0) is 17.9. The highest BCUT2D eigenvalue weighted by Crippen LogP contribution is 2.23. The molecule has 7 nitrogen and oxygen atoms in total. The molecule has 0 amide bonds. The summed E-state index contributed by atoms with van der Waals surface area (Å²) >= 11 is 0. The van der Waals surface area contributed by atoms with Gasteiger partial charge in [0.25, 0.3) is 0 Å². The van der Waals surface area contributed by atoms with Gasteiger partial charge in [-0.05, 0) is 24.1 Å². The van der Waals surface area contributed by atoms with E-state index < -0.39 is 0 Å². The SMILES string of the molecule is Cn1ncc2c(N3CCCN(Cc4ccc(C#N)cc4)CC3)ncnc21. The molecule has 2 aromatic heterocycles. The quantitative estimate of drug-likeness (QED) is 0.721. The van der Waals surface area contributed by atoms with Crippen molar-refractivity contribution in [1.82, 2.24) is 24.6 Å². The minimum atomic E-state index is 0.708. The van der Waals surface area contributed by atoms with Crippen molar-refractivity contribution in [2.45, 2.75) is 13.0 Å². The number of nitriles is 1. The Morgan fingerprint density at radius 2 is 1.92 bits per heavy atom. The number of aryl methyl sites for hydroxylation is 1. The van der Waals surface area contributed by atoms with Gasteiger partial charge < -0.3 is 4.90 Å². The second kappa shape index (κ2) is 7.10. The standard InChI is InChI=1S/C19H21N7/c1-24-18-17(12-23-24)19(22-14-21-18)26-8-2-7-25(9-10-26)13-16-5-3-15(11-20)4-6-16/h3-6,12,14H,2,7-10,13H2,1H3. The Balaban J connectivity index is 1.46. The Labute approximate surface area is 152 Å². The van der Waals surface area contributed by atoms with Crippen molar-refractivity contribution in [2.75, 3.05) is 31.1 Å². The molecule has 0 aliphatic carbocycles. The van der Waals surface area contributed by atoms with E-state index >= 15 is 0 Å². The maximum absolute atomic E-state index is 8.92. The van der Waals surface area contributed by atoms with Crippen LogP contribution >= 0.6 is 0 Å². The van der Waals surface area contributed by atoms with Gasteiger partial charge in [0.05, 0.1) is 23.2 Å². The maximum atomic E-state index is 8.92. The van der Waals surface area contributed by atoms with Gasteiger partial charge in [-0.15, -0.1) is 0 Å². The average molecular weight is 347 g/mol. The third kappa shape index (κ3) is 3.24.